The number of nitrogens with two attached hydrogens (primary N) is 1. The summed E-state index contributed by atoms with van der Waals surface area (Å²) in [6.45, 7) is 5.84. The van der Waals surface area contributed by atoms with Gasteiger partial charge in [-0.15, -0.1) is 11.3 Å². The van der Waals surface area contributed by atoms with Gasteiger partial charge in [0.1, 0.15) is 0 Å². The van der Waals surface area contributed by atoms with Crippen molar-refractivity contribution in [1.82, 2.24) is 5.32 Å². The zero-order valence-corrected chi connectivity index (χ0v) is 8.87. The quantitative estimate of drug-likeness (QED) is 0.723. The third kappa shape index (κ3) is 3.06. The highest BCUT2D eigenvalue weighted by Crippen LogP contribution is 2.16. The lowest BCUT2D eigenvalue weighted by Crippen LogP contribution is -2.40. The minimum Gasteiger partial charge on any atom is -0.398 e. The number of carbonyl (C=O) groups is 1. The molecular weight excluding hydrogens is 184 g/mol. The van der Waals surface area contributed by atoms with Gasteiger partial charge in [-0.25, -0.2) is 0 Å². The lowest BCUT2D eigenvalue weighted by atomic mass is 10.1. The van der Waals surface area contributed by atoms with Crippen LogP contribution in [-0.4, -0.2) is 11.4 Å². The zero-order chi connectivity index (χ0) is 10.1. The van der Waals surface area contributed by atoms with E-state index in [2.05, 4.69) is 5.32 Å². The largest absolute Gasteiger partial charge is 0.398 e. The van der Waals surface area contributed by atoms with E-state index in [4.69, 9.17) is 5.73 Å². The Morgan fingerprint density at radius 1 is 1.54 bits per heavy atom. The zero-order valence-electron chi connectivity index (χ0n) is 8.05. The van der Waals surface area contributed by atoms with Gasteiger partial charge < -0.3 is 11.1 Å². The minimum atomic E-state index is -0.199. The molecule has 3 N–H and O–H groups in total. The Morgan fingerprint density at radius 3 is 2.54 bits per heavy atom. The van der Waals surface area contributed by atoms with Crippen molar-refractivity contribution >= 4 is 22.9 Å². The predicted octanol–water partition coefficient (Wildman–Crippen LogP) is 1.86. The first-order valence-electron chi connectivity index (χ1n) is 4.05. The van der Waals surface area contributed by atoms with Crippen molar-refractivity contribution in [2.24, 2.45) is 0 Å². The molecule has 0 radical (unpaired) electrons. The topological polar surface area (TPSA) is 55.1 Å². The summed E-state index contributed by atoms with van der Waals surface area (Å²) in [6.07, 6.45) is 0. The molecule has 0 aliphatic heterocycles. The van der Waals surface area contributed by atoms with Crippen molar-refractivity contribution in [2.45, 2.75) is 26.3 Å². The van der Waals surface area contributed by atoms with E-state index >= 15 is 0 Å². The van der Waals surface area contributed by atoms with Gasteiger partial charge in [0.15, 0.2) is 0 Å². The highest BCUT2D eigenvalue weighted by Gasteiger charge is 2.16. The molecule has 72 valence electrons. The summed E-state index contributed by atoms with van der Waals surface area (Å²) in [4.78, 5) is 12.2. The fraction of sp³-hybridized carbons (Fsp3) is 0.444. The Balaban J connectivity index is 2.70. The molecule has 0 aliphatic rings. The van der Waals surface area contributed by atoms with Gasteiger partial charge in [0.05, 0.1) is 4.88 Å². The van der Waals surface area contributed by atoms with E-state index in [1.807, 2.05) is 20.8 Å². The van der Waals surface area contributed by atoms with Gasteiger partial charge >= 0.3 is 0 Å². The molecule has 1 amide bonds. The van der Waals surface area contributed by atoms with Gasteiger partial charge in [-0.3, -0.25) is 4.79 Å². The van der Waals surface area contributed by atoms with Gasteiger partial charge in [0, 0.05) is 16.6 Å². The highest BCUT2D eigenvalue weighted by atomic mass is 32.1. The Morgan fingerprint density at radius 2 is 2.15 bits per heavy atom. The summed E-state index contributed by atoms with van der Waals surface area (Å²) in [7, 11) is 0. The monoisotopic (exact) mass is 198 g/mol. The standard InChI is InChI=1S/C9H14N2OS/c1-9(2,3)11-8(12)7-4-6(10)5-13-7/h4-5H,10H2,1-3H3,(H,11,12). The maximum absolute atomic E-state index is 11.5. The van der Waals surface area contributed by atoms with Crippen LogP contribution in [0.25, 0.3) is 0 Å². The average Bonchev–Trinajstić information content (AvgIpc) is 2.31. The minimum absolute atomic E-state index is 0.0609. The molecule has 0 aliphatic carbocycles. The van der Waals surface area contributed by atoms with Crippen LogP contribution < -0.4 is 11.1 Å². The summed E-state index contributed by atoms with van der Waals surface area (Å²) in [5, 5.41) is 4.63. The average molecular weight is 198 g/mol. The van der Waals surface area contributed by atoms with E-state index in [1.54, 1.807) is 11.4 Å². The van der Waals surface area contributed by atoms with Crippen molar-refractivity contribution in [3.05, 3.63) is 16.3 Å². The first-order chi connectivity index (χ1) is 5.88. The fourth-order valence-corrected chi connectivity index (χ4v) is 1.57. The third-order valence-electron chi connectivity index (χ3n) is 1.33. The van der Waals surface area contributed by atoms with Crippen molar-refractivity contribution < 1.29 is 4.79 Å². The second-order valence-electron chi connectivity index (χ2n) is 3.95. The summed E-state index contributed by atoms with van der Waals surface area (Å²) in [5.74, 6) is -0.0609. The van der Waals surface area contributed by atoms with Gasteiger partial charge in [0.25, 0.3) is 5.91 Å². The lowest BCUT2D eigenvalue weighted by molar-refractivity contribution is 0.0924. The lowest BCUT2D eigenvalue weighted by Gasteiger charge is -2.19. The molecule has 0 saturated carbocycles. The van der Waals surface area contributed by atoms with Crippen LogP contribution in [0.5, 0.6) is 0 Å². The molecular formula is C9H14N2OS. The van der Waals surface area contributed by atoms with Crippen molar-refractivity contribution in [3.8, 4) is 0 Å². The van der Waals surface area contributed by atoms with Crippen LogP contribution in [0, 0.1) is 0 Å². The number of nitrogens with one attached hydrogen (secondary N) is 1. The Bertz CT molecular complexity index is 312. The highest BCUT2D eigenvalue weighted by molar-refractivity contribution is 7.12. The van der Waals surface area contributed by atoms with E-state index in [0.717, 1.165) is 0 Å². The van der Waals surface area contributed by atoms with Crippen LogP contribution in [0.15, 0.2) is 11.4 Å². The second-order valence-corrected chi connectivity index (χ2v) is 4.86. The van der Waals surface area contributed by atoms with E-state index < -0.39 is 0 Å². The summed E-state index contributed by atoms with van der Waals surface area (Å²) < 4.78 is 0. The molecule has 0 fully saturated rings. The molecule has 1 heterocycles. The number of amides is 1. The number of carbonyl (C=O) groups excluding carboxylic acids is 1. The summed E-state index contributed by atoms with van der Waals surface area (Å²) >= 11 is 1.36. The molecule has 1 aromatic rings. The molecule has 0 saturated heterocycles. The van der Waals surface area contributed by atoms with E-state index in [1.165, 1.54) is 11.3 Å². The maximum atomic E-state index is 11.5. The van der Waals surface area contributed by atoms with E-state index in [-0.39, 0.29) is 11.4 Å². The normalized spacial score (nSPS) is 11.3. The maximum Gasteiger partial charge on any atom is 0.261 e. The molecule has 4 heteroatoms. The van der Waals surface area contributed by atoms with Crippen LogP contribution in [0.4, 0.5) is 5.69 Å². The van der Waals surface area contributed by atoms with Gasteiger partial charge in [-0.1, -0.05) is 0 Å². The molecule has 1 aromatic heterocycles. The molecule has 0 aromatic carbocycles. The SMILES string of the molecule is CC(C)(C)NC(=O)c1cc(N)cs1. The molecule has 0 spiro atoms. The number of hydrogen-bond donors (Lipinski definition) is 2. The van der Waals surface area contributed by atoms with Crippen LogP contribution in [-0.2, 0) is 0 Å². The van der Waals surface area contributed by atoms with Crippen molar-refractivity contribution in [3.63, 3.8) is 0 Å². The van der Waals surface area contributed by atoms with Crippen LogP contribution >= 0.6 is 11.3 Å². The Kier molecular flexibility index (Phi) is 2.61. The Labute approximate surface area is 81.9 Å². The van der Waals surface area contributed by atoms with E-state index in [0.29, 0.717) is 10.6 Å². The van der Waals surface area contributed by atoms with Gasteiger partial charge in [-0.05, 0) is 26.8 Å². The fourth-order valence-electron chi connectivity index (χ4n) is 0.872. The van der Waals surface area contributed by atoms with Crippen LogP contribution in [0.3, 0.4) is 0 Å². The van der Waals surface area contributed by atoms with E-state index in [9.17, 15) is 4.79 Å². The number of hydrogen-bond acceptors (Lipinski definition) is 3. The molecule has 0 bridgehead atoms. The number of nitrogen functional groups attached to an aromatic ring is 1. The van der Waals surface area contributed by atoms with Crippen molar-refractivity contribution in [2.75, 3.05) is 5.73 Å². The molecule has 0 atom stereocenters. The molecule has 1 rings (SSSR count). The third-order valence-corrected chi connectivity index (χ3v) is 2.28. The number of thiophene rings is 1. The van der Waals surface area contributed by atoms with Gasteiger partial charge in [0.2, 0.25) is 0 Å². The molecule has 3 nitrogen and oxygen atoms in total. The van der Waals surface area contributed by atoms with Gasteiger partial charge in [-0.2, -0.15) is 0 Å². The smallest absolute Gasteiger partial charge is 0.261 e. The summed E-state index contributed by atoms with van der Waals surface area (Å²) in [5.41, 5.74) is 5.95. The molecule has 0 unspecified atom stereocenters. The Hall–Kier alpha value is -1.03. The first kappa shape index (κ1) is 10.1. The second kappa shape index (κ2) is 3.38. The summed E-state index contributed by atoms with van der Waals surface area (Å²) in [6, 6.07) is 1.69. The number of anilines is 1. The predicted molar refractivity (Wildman–Crippen MR) is 56.0 cm³/mol. The van der Waals surface area contributed by atoms with Crippen molar-refractivity contribution in [1.29, 1.82) is 0 Å². The first-order valence-corrected chi connectivity index (χ1v) is 4.93. The van der Waals surface area contributed by atoms with Crippen LogP contribution in [0.1, 0.15) is 30.4 Å². The van der Waals surface area contributed by atoms with Crippen LogP contribution in [0.2, 0.25) is 0 Å². The number of rotatable bonds is 1. The molecule has 13 heavy (non-hydrogen) atoms.